The third-order valence-electron chi connectivity index (χ3n) is 3.76. The Labute approximate surface area is 101 Å². The molecular formula is C14H19Br. The Morgan fingerprint density at radius 2 is 2.07 bits per heavy atom. The molecule has 0 N–H and O–H groups in total. The Balaban J connectivity index is 2.02. The third-order valence-corrected chi connectivity index (χ3v) is 4.59. The normalized spacial score (nSPS) is 18.5. The molecule has 1 aliphatic carbocycles. The van der Waals surface area contributed by atoms with Crippen molar-refractivity contribution in [1.29, 1.82) is 0 Å². The SMILES string of the molecule is Cc1ccccc1CC(CBr)C1CCC1. The van der Waals surface area contributed by atoms with E-state index in [4.69, 9.17) is 0 Å². The van der Waals surface area contributed by atoms with Crippen LogP contribution in [0.25, 0.3) is 0 Å². The van der Waals surface area contributed by atoms with Gasteiger partial charge in [-0.3, -0.25) is 0 Å². The van der Waals surface area contributed by atoms with E-state index in [2.05, 4.69) is 47.1 Å². The maximum atomic E-state index is 3.67. The molecule has 1 saturated carbocycles. The third kappa shape index (κ3) is 2.63. The fraction of sp³-hybridized carbons (Fsp3) is 0.571. The van der Waals surface area contributed by atoms with Gasteiger partial charge in [-0.2, -0.15) is 0 Å². The molecule has 1 heteroatoms. The van der Waals surface area contributed by atoms with E-state index in [9.17, 15) is 0 Å². The second-order valence-corrected chi connectivity index (χ2v) is 5.38. The lowest BCUT2D eigenvalue weighted by Gasteiger charge is -2.33. The summed E-state index contributed by atoms with van der Waals surface area (Å²) in [5.74, 6) is 1.82. The molecule has 0 spiro atoms. The van der Waals surface area contributed by atoms with Gasteiger partial charge < -0.3 is 0 Å². The van der Waals surface area contributed by atoms with E-state index < -0.39 is 0 Å². The predicted molar refractivity (Wildman–Crippen MR) is 69.5 cm³/mol. The summed E-state index contributed by atoms with van der Waals surface area (Å²) in [7, 11) is 0. The minimum absolute atomic E-state index is 0.847. The van der Waals surface area contributed by atoms with Crippen LogP contribution in [-0.4, -0.2) is 5.33 Å². The Kier molecular flexibility index (Phi) is 3.85. The summed E-state index contributed by atoms with van der Waals surface area (Å²) in [6.07, 6.45) is 5.59. The number of alkyl halides is 1. The summed E-state index contributed by atoms with van der Waals surface area (Å²) in [5, 5.41) is 1.16. The van der Waals surface area contributed by atoms with Gasteiger partial charge in [0, 0.05) is 5.33 Å². The second-order valence-electron chi connectivity index (χ2n) is 4.74. The van der Waals surface area contributed by atoms with Gasteiger partial charge in [0.15, 0.2) is 0 Å². The van der Waals surface area contributed by atoms with Crippen LogP contribution in [0.15, 0.2) is 24.3 Å². The molecule has 0 aromatic heterocycles. The first-order valence-electron chi connectivity index (χ1n) is 5.91. The van der Waals surface area contributed by atoms with Crippen LogP contribution in [0.2, 0.25) is 0 Å². The maximum absolute atomic E-state index is 3.67. The minimum atomic E-state index is 0.847. The number of aryl methyl sites for hydroxylation is 1. The summed E-state index contributed by atoms with van der Waals surface area (Å²) in [6, 6.07) is 8.80. The first kappa shape index (κ1) is 11.2. The maximum Gasteiger partial charge on any atom is 0.00654 e. The van der Waals surface area contributed by atoms with Gasteiger partial charge in [-0.25, -0.2) is 0 Å². The van der Waals surface area contributed by atoms with Crippen molar-refractivity contribution in [2.75, 3.05) is 5.33 Å². The summed E-state index contributed by atoms with van der Waals surface area (Å²) in [5.41, 5.74) is 2.98. The topological polar surface area (TPSA) is 0 Å². The largest absolute Gasteiger partial charge is 0.0925 e. The minimum Gasteiger partial charge on any atom is -0.0925 e. The molecule has 0 radical (unpaired) electrons. The van der Waals surface area contributed by atoms with Gasteiger partial charge in [0.25, 0.3) is 0 Å². The average molecular weight is 267 g/mol. The first-order chi connectivity index (χ1) is 7.31. The molecule has 1 fully saturated rings. The zero-order chi connectivity index (χ0) is 10.7. The molecule has 15 heavy (non-hydrogen) atoms. The molecule has 2 rings (SSSR count). The van der Waals surface area contributed by atoms with Crippen molar-refractivity contribution < 1.29 is 0 Å². The molecule has 1 unspecified atom stereocenters. The Bertz CT molecular complexity index is 315. The van der Waals surface area contributed by atoms with Crippen molar-refractivity contribution in [2.24, 2.45) is 11.8 Å². The summed E-state index contributed by atoms with van der Waals surface area (Å²) in [6.45, 7) is 2.22. The van der Waals surface area contributed by atoms with Crippen molar-refractivity contribution in [3.63, 3.8) is 0 Å². The number of hydrogen-bond donors (Lipinski definition) is 0. The molecule has 0 amide bonds. The average Bonchev–Trinajstić information content (AvgIpc) is 2.17. The highest BCUT2D eigenvalue weighted by Gasteiger charge is 2.26. The van der Waals surface area contributed by atoms with E-state index in [1.54, 1.807) is 0 Å². The lowest BCUT2D eigenvalue weighted by atomic mass is 9.74. The van der Waals surface area contributed by atoms with Gasteiger partial charge in [-0.05, 0) is 36.3 Å². The van der Waals surface area contributed by atoms with Crippen LogP contribution in [0.3, 0.4) is 0 Å². The van der Waals surface area contributed by atoms with Crippen LogP contribution < -0.4 is 0 Å². The lowest BCUT2D eigenvalue weighted by Crippen LogP contribution is -2.25. The number of rotatable bonds is 4. The highest BCUT2D eigenvalue weighted by Crippen LogP contribution is 2.36. The lowest BCUT2D eigenvalue weighted by molar-refractivity contribution is 0.224. The van der Waals surface area contributed by atoms with E-state index in [-0.39, 0.29) is 0 Å². The monoisotopic (exact) mass is 266 g/mol. The molecule has 82 valence electrons. The van der Waals surface area contributed by atoms with Crippen molar-refractivity contribution in [2.45, 2.75) is 32.6 Å². The fourth-order valence-corrected chi connectivity index (χ4v) is 3.14. The van der Waals surface area contributed by atoms with Crippen molar-refractivity contribution in [3.05, 3.63) is 35.4 Å². The van der Waals surface area contributed by atoms with Crippen LogP contribution in [0, 0.1) is 18.8 Å². The molecular weight excluding hydrogens is 248 g/mol. The predicted octanol–water partition coefficient (Wildman–Crippen LogP) is 4.35. The zero-order valence-corrected chi connectivity index (χ0v) is 11.0. The van der Waals surface area contributed by atoms with Crippen LogP contribution in [0.4, 0.5) is 0 Å². The highest BCUT2D eigenvalue weighted by atomic mass is 79.9. The zero-order valence-electron chi connectivity index (χ0n) is 9.38. The second kappa shape index (κ2) is 5.16. The van der Waals surface area contributed by atoms with Gasteiger partial charge in [0.2, 0.25) is 0 Å². The van der Waals surface area contributed by atoms with Crippen molar-refractivity contribution in [1.82, 2.24) is 0 Å². The van der Waals surface area contributed by atoms with E-state index in [1.807, 2.05) is 0 Å². The molecule has 1 aromatic carbocycles. The van der Waals surface area contributed by atoms with E-state index in [0.717, 1.165) is 17.2 Å². The molecule has 1 atom stereocenters. The molecule has 0 nitrogen and oxygen atoms in total. The van der Waals surface area contributed by atoms with Gasteiger partial charge in [0.05, 0.1) is 0 Å². The standard InChI is InChI=1S/C14H19Br/c1-11-5-2-3-6-13(11)9-14(10-15)12-7-4-8-12/h2-3,5-6,12,14H,4,7-10H2,1H3. The van der Waals surface area contributed by atoms with E-state index >= 15 is 0 Å². The summed E-state index contributed by atoms with van der Waals surface area (Å²) >= 11 is 3.67. The smallest absolute Gasteiger partial charge is 0.00654 e. The number of benzene rings is 1. The summed E-state index contributed by atoms with van der Waals surface area (Å²) in [4.78, 5) is 0. The molecule has 1 aliphatic rings. The van der Waals surface area contributed by atoms with Crippen molar-refractivity contribution in [3.8, 4) is 0 Å². The van der Waals surface area contributed by atoms with Crippen LogP contribution in [0.1, 0.15) is 30.4 Å². The molecule has 1 aromatic rings. The molecule has 0 saturated heterocycles. The Morgan fingerprint density at radius 3 is 2.60 bits per heavy atom. The van der Waals surface area contributed by atoms with Crippen LogP contribution in [-0.2, 0) is 6.42 Å². The Morgan fingerprint density at radius 1 is 1.33 bits per heavy atom. The van der Waals surface area contributed by atoms with Gasteiger partial charge in [-0.15, -0.1) is 0 Å². The molecule has 0 heterocycles. The Hall–Kier alpha value is -0.300. The van der Waals surface area contributed by atoms with Gasteiger partial charge in [0.1, 0.15) is 0 Å². The summed E-state index contributed by atoms with van der Waals surface area (Å²) < 4.78 is 0. The highest BCUT2D eigenvalue weighted by molar-refractivity contribution is 9.09. The first-order valence-corrected chi connectivity index (χ1v) is 7.04. The number of hydrogen-bond acceptors (Lipinski definition) is 0. The molecule has 0 bridgehead atoms. The van der Waals surface area contributed by atoms with Crippen molar-refractivity contribution >= 4 is 15.9 Å². The van der Waals surface area contributed by atoms with Gasteiger partial charge in [-0.1, -0.05) is 59.5 Å². The van der Waals surface area contributed by atoms with E-state index in [0.29, 0.717) is 0 Å². The fourth-order valence-electron chi connectivity index (χ4n) is 2.38. The number of halogens is 1. The van der Waals surface area contributed by atoms with Gasteiger partial charge >= 0.3 is 0 Å². The molecule has 0 aliphatic heterocycles. The van der Waals surface area contributed by atoms with E-state index in [1.165, 1.54) is 36.8 Å². The van der Waals surface area contributed by atoms with Crippen LogP contribution in [0.5, 0.6) is 0 Å². The van der Waals surface area contributed by atoms with Crippen LogP contribution >= 0.6 is 15.9 Å². The quantitative estimate of drug-likeness (QED) is 0.711.